The molecule has 0 bridgehead atoms. The van der Waals surface area contributed by atoms with Gasteiger partial charge >= 0.3 is 5.97 Å². The van der Waals surface area contributed by atoms with Crippen LogP contribution < -0.4 is 4.74 Å². The Morgan fingerprint density at radius 3 is 2.27 bits per heavy atom. The van der Waals surface area contributed by atoms with Gasteiger partial charge in [0.2, 0.25) is 0 Å². The van der Waals surface area contributed by atoms with Crippen molar-refractivity contribution in [2.45, 2.75) is 32.6 Å². The molecule has 2 aromatic carbocycles. The van der Waals surface area contributed by atoms with Crippen molar-refractivity contribution in [3.8, 4) is 5.75 Å². The van der Waals surface area contributed by atoms with Gasteiger partial charge in [-0.25, -0.2) is 4.79 Å². The van der Waals surface area contributed by atoms with Crippen molar-refractivity contribution in [2.24, 2.45) is 0 Å². The predicted octanol–water partition coefficient (Wildman–Crippen LogP) is 4.98. The molecule has 0 saturated carbocycles. The summed E-state index contributed by atoms with van der Waals surface area (Å²) in [5, 5.41) is 0. The summed E-state index contributed by atoms with van der Waals surface area (Å²) in [5.41, 5.74) is 2.96. The average Bonchev–Trinajstić information content (AvgIpc) is 2.55. The van der Waals surface area contributed by atoms with E-state index in [0.29, 0.717) is 11.3 Å². The van der Waals surface area contributed by atoms with Crippen LogP contribution in [0, 0.1) is 0 Å². The third-order valence-electron chi connectivity index (χ3n) is 3.52. The Hall–Kier alpha value is -2.35. The molecular weight excluding hydrogens is 272 g/mol. The molecule has 0 spiro atoms. The van der Waals surface area contributed by atoms with E-state index >= 15 is 0 Å². The Morgan fingerprint density at radius 2 is 1.68 bits per heavy atom. The molecule has 0 aliphatic carbocycles. The first-order chi connectivity index (χ1) is 10.7. The minimum atomic E-state index is -0.327. The molecule has 0 unspecified atom stereocenters. The molecule has 0 amide bonds. The van der Waals surface area contributed by atoms with Gasteiger partial charge in [0.15, 0.2) is 0 Å². The van der Waals surface area contributed by atoms with Crippen LogP contribution >= 0.6 is 0 Å². The molecular formula is C20H22O2. The summed E-state index contributed by atoms with van der Waals surface area (Å²) in [6, 6.07) is 15.2. The van der Waals surface area contributed by atoms with Gasteiger partial charge in [-0.3, -0.25) is 0 Å². The van der Waals surface area contributed by atoms with Crippen LogP contribution in [-0.4, -0.2) is 5.97 Å². The second-order valence-electron chi connectivity index (χ2n) is 5.33. The standard InChI is InChI=1S/C20H22O2/c1-3-5-7-17-10-14-19(15-11-17)22-20(21)18-12-8-16(6-4-2)9-13-18/h4,8-15H,2-3,5-7H2,1H3. The number of unbranched alkanes of at least 4 members (excludes halogenated alkanes) is 1. The average molecular weight is 294 g/mol. The van der Waals surface area contributed by atoms with Crippen LogP contribution in [0.1, 0.15) is 41.3 Å². The smallest absolute Gasteiger partial charge is 0.343 e. The molecule has 22 heavy (non-hydrogen) atoms. The molecule has 114 valence electrons. The SMILES string of the molecule is C=CCc1ccc(C(=O)Oc2ccc(CCCC)cc2)cc1. The topological polar surface area (TPSA) is 26.3 Å². The van der Waals surface area contributed by atoms with Crippen LogP contribution in [0.4, 0.5) is 0 Å². The number of rotatable bonds is 7. The molecule has 0 aliphatic heterocycles. The quantitative estimate of drug-likeness (QED) is 0.409. The van der Waals surface area contributed by atoms with Crippen molar-refractivity contribution in [3.05, 3.63) is 77.9 Å². The van der Waals surface area contributed by atoms with Crippen molar-refractivity contribution in [2.75, 3.05) is 0 Å². The number of aryl methyl sites for hydroxylation is 1. The molecule has 2 heteroatoms. The van der Waals surface area contributed by atoms with E-state index < -0.39 is 0 Å². The number of carbonyl (C=O) groups is 1. The summed E-state index contributed by atoms with van der Waals surface area (Å²) in [5.74, 6) is 0.256. The molecule has 0 heterocycles. The third-order valence-corrected chi connectivity index (χ3v) is 3.52. The van der Waals surface area contributed by atoms with E-state index in [-0.39, 0.29) is 5.97 Å². The van der Waals surface area contributed by atoms with Gasteiger partial charge in [-0.05, 0) is 54.7 Å². The number of esters is 1. The Morgan fingerprint density at radius 1 is 1.05 bits per heavy atom. The summed E-state index contributed by atoms with van der Waals surface area (Å²) in [7, 11) is 0. The van der Waals surface area contributed by atoms with Crippen LogP contribution in [0.25, 0.3) is 0 Å². The Kier molecular flexibility index (Phi) is 5.96. The van der Waals surface area contributed by atoms with Crippen LogP contribution in [0.15, 0.2) is 61.2 Å². The molecule has 0 N–H and O–H groups in total. The van der Waals surface area contributed by atoms with E-state index in [1.807, 2.05) is 42.5 Å². The lowest BCUT2D eigenvalue weighted by molar-refractivity contribution is 0.0734. The van der Waals surface area contributed by atoms with Crippen LogP contribution in [0.3, 0.4) is 0 Å². The highest BCUT2D eigenvalue weighted by Gasteiger charge is 2.08. The number of hydrogen-bond donors (Lipinski definition) is 0. The number of allylic oxidation sites excluding steroid dienone is 1. The molecule has 0 atom stereocenters. The highest BCUT2D eigenvalue weighted by Crippen LogP contribution is 2.16. The van der Waals surface area contributed by atoms with Crippen molar-refractivity contribution in [3.63, 3.8) is 0 Å². The molecule has 2 nitrogen and oxygen atoms in total. The van der Waals surface area contributed by atoms with E-state index in [9.17, 15) is 4.79 Å². The van der Waals surface area contributed by atoms with E-state index in [0.717, 1.165) is 18.4 Å². The fraction of sp³-hybridized carbons (Fsp3) is 0.250. The van der Waals surface area contributed by atoms with Gasteiger partial charge in [-0.1, -0.05) is 43.7 Å². The Bertz CT molecular complexity index is 609. The van der Waals surface area contributed by atoms with Gasteiger partial charge in [0.05, 0.1) is 5.56 Å². The summed E-state index contributed by atoms with van der Waals surface area (Å²) in [4.78, 5) is 12.1. The van der Waals surface area contributed by atoms with Gasteiger partial charge in [-0.2, -0.15) is 0 Å². The first-order valence-corrected chi connectivity index (χ1v) is 7.74. The van der Waals surface area contributed by atoms with Gasteiger partial charge in [-0.15, -0.1) is 6.58 Å². The van der Waals surface area contributed by atoms with Gasteiger partial charge < -0.3 is 4.74 Å². The molecule has 0 fully saturated rings. The summed E-state index contributed by atoms with van der Waals surface area (Å²) < 4.78 is 5.40. The first-order valence-electron chi connectivity index (χ1n) is 7.74. The largest absolute Gasteiger partial charge is 0.423 e. The van der Waals surface area contributed by atoms with Crippen LogP contribution in [0.5, 0.6) is 5.75 Å². The lowest BCUT2D eigenvalue weighted by atomic mass is 10.1. The molecule has 0 radical (unpaired) electrons. The summed E-state index contributed by atoms with van der Waals surface area (Å²) >= 11 is 0. The van der Waals surface area contributed by atoms with E-state index in [1.54, 1.807) is 12.1 Å². The second kappa shape index (κ2) is 8.18. The number of benzene rings is 2. The van der Waals surface area contributed by atoms with Crippen molar-refractivity contribution < 1.29 is 9.53 Å². The van der Waals surface area contributed by atoms with Crippen molar-refractivity contribution in [1.29, 1.82) is 0 Å². The number of ether oxygens (including phenoxy) is 1. The zero-order valence-electron chi connectivity index (χ0n) is 13.0. The third kappa shape index (κ3) is 4.59. The zero-order valence-corrected chi connectivity index (χ0v) is 13.0. The monoisotopic (exact) mass is 294 g/mol. The van der Waals surface area contributed by atoms with E-state index in [2.05, 4.69) is 13.5 Å². The summed E-state index contributed by atoms with van der Waals surface area (Å²) in [6.45, 7) is 5.88. The van der Waals surface area contributed by atoms with Gasteiger partial charge in [0.1, 0.15) is 5.75 Å². The molecule has 2 aromatic rings. The fourth-order valence-corrected chi connectivity index (χ4v) is 2.21. The molecule has 0 saturated heterocycles. The first kappa shape index (κ1) is 16.0. The lowest BCUT2D eigenvalue weighted by Gasteiger charge is -2.06. The zero-order chi connectivity index (χ0) is 15.8. The van der Waals surface area contributed by atoms with Gasteiger partial charge in [0, 0.05) is 0 Å². The lowest BCUT2D eigenvalue weighted by Crippen LogP contribution is -2.08. The number of carbonyl (C=O) groups excluding carboxylic acids is 1. The number of hydrogen-bond acceptors (Lipinski definition) is 2. The minimum absolute atomic E-state index is 0.327. The van der Waals surface area contributed by atoms with Crippen molar-refractivity contribution in [1.82, 2.24) is 0 Å². The molecule has 0 aromatic heterocycles. The van der Waals surface area contributed by atoms with E-state index in [4.69, 9.17) is 4.74 Å². The van der Waals surface area contributed by atoms with Crippen molar-refractivity contribution >= 4 is 5.97 Å². The molecule has 2 rings (SSSR count). The summed E-state index contributed by atoms with van der Waals surface area (Å²) in [6.07, 6.45) is 6.06. The van der Waals surface area contributed by atoms with Crippen LogP contribution in [-0.2, 0) is 12.8 Å². The maximum atomic E-state index is 12.1. The highest BCUT2D eigenvalue weighted by atomic mass is 16.5. The Balaban J connectivity index is 1.97. The maximum Gasteiger partial charge on any atom is 0.343 e. The maximum absolute atomic E-state index is 12.1. The Labute approximate surface area is 132 Å². The second-order valence-corrected chi connectivity index (χ2v) is 5.33. The fourth-order valence-electron chi connectivity index (χ4n) is 2.21. The normalized spacial score (nSPS) is 10.2. The van der Waals surface area contributed by atoms with Crippen LogP contribution in [0.2, 0.25) is 0 Å². The molecule has 0 aliphatic rings. The predicted molar refractivity (Wildman–Crippen MR) is 90.4 cm³/mol. The van der Waals surface area contributed by atoms with Gasteiger partial charge in [0.25, 0.3) is 0 Å². The minimum Gasteiger partial charge on any atom is -0.423 e. The highest BCUT2D eigenvalue weighted by molar-refractivity contribution is 5.91. The van der Waals surface area contributed by atoms with E-state index in [1.165, 1.54) is 18.4 Å².